The highest BCUT2D eigenvalue weighted by atomic mass is 35.5. The second-order valence-electron chi connectivity index (χ2n) is 9.23. The van der Waals surface area contributed by atoms with Gasteiger partial charge in [-0.25, -0.2) is 9.78 Å². The predicted molar refractivity (Wildman–Crippen MR) is 118 cm³/mol. The van der Waals surface area contributed by atoms with Crippen molar-refractivity contribution in [3.63, 3.8) is 0 Å². The molecule has 0 spiro atoms. The van der Waals surface area contributed by atoms with Gasteiger partial charge in [0.1, 0.15) is 17.2 Å². The van der Waals surface area contributed by atoms with Crippen molar-refractivity contribution in [2.24, 2.45) is 0 Å². The van der Waals surface area contributed by atoms with Gasteiger partial charge in [-0.3, -0.25) is 4.90 Å². The fraction of sp³-hybridized carbons (Fsp3) is 0.636. The first-order valence-corrected chi connectivity index (χ1v) is 11.2. The van der Waals surface area contributed by atoms with E-state index in [-0.39, 0.29) is 18.2 Å². The Hall–Kier alpha value is -1.99. The van der Waals surface area contributed by atoms with Crippen molar-refractivity contribution in [1.29, 1.82) is 0 Å². The zero-order valence-electron chi connectivity index (χ0n) is 18.2. The lowest BCUT2D eigenvalue weighted by atomic mass is 10.1. The van der Waals surface area contributed by atoms with Crippen LogP contribution in [0.4, 0.5) is 10.5 Å². The molecule has 1 unspecified atom stereocenters. The number of anilines is 1. The van der Waals surface area contributed by atoms with E-state index in [4.69, 9.17) is 25.7 Å². The number of piperazine rings is 1. The average Bonchev–Trinajstić information content (AvgIpc) is 3.09. The lowest BCUT2D eigenvalue weighted by Crippen LogP contribution is -2.54. The molecule has 2 aliphatic heterocycles. The fourth-order valence-electron chi connectivity index (χ4n) is 4.30. The van der Waals surface area contributed by atoms with Crippen LogP contribution in [0.1, 0.15) is 58.9 Å². The zero-order valence-corrected chi connectivity index (χ0v) is 19.0. The second-order valence-corrected chi connectivity index (χ2v) is 9.67. The lowest BCUT2D eigenvalue weighted by Gasteiger charge is -2.39. The number of hydrogen-bond acceptors (Lipinski definition) is 6. The summed E-state index contributed by atoms with van der Waals surface area (Å²) in [6.07, 6.45) is 3.21. The summed E-state index contributed by atoms with van der Waals surface area (Å²) in [6, 6.07) is 3.41. The van der Waals surface area contributed by atoms with Crippen molar-refractivity contribution < 1.29 is 13.9 Å². The molecule has 3 heterocycles. The topological polar surface area (TPSA) is 70.8 Å². The van der Waals surface area contributed by atoms with E-state index in [0.717, 1.165) is 42.7 Å². The van der Waals surface area contributed by atoms with Gasteiger partial charge in [0.2, 0.25) is 5.89 Å². The van der Waals surface area contributed by atoms with E-state index in [2.05, 4.69) is 10.2 Å². The number of nitrogens with zero attached hydrogens (tertiary/aromatic N) is 3. The molecule has 1 aromatic carbocycles. The van der Waals surface area contributed by atoms with Gasteiger partial charge in [0.05, 0.1) is 5.69 Å². The quantitative estimate of drug-likeness (QED) is 0.736. The fourth-order valence-corrected chi connectivity index (χ4v) is 4.51. The number of fused-ring (bicyclic) bond motifs is 1. The van der Waals surface area contributed by atoms with Gasteiger partial charge in [-0.2, -0.15) is 0 Å². The van der Waals surface area contributed by atoms with Crippen LogP contribution in [0.2, 0.25) is 5.02 Å². The number of piperidine rings is 1. The number of aromatic nitrogens is 1. The Labute approximate surface area is 182 Å². The number of oxazole rings is 1. The highest BCUT2D eigenvalue weighted by molar-refractivity contribution is 6.31. The Kier molecular flexibility index (Phi) is 5.86. The van der Waals surface area contributed by atoms with Crippen LogP contribution in [0, 0.1) is 0 Å². The molecule has 2 fully saturated rings. The predicted octanol–water partition coefficient (Wildman–Crippen LogP) is 4.74. The molecule has 30 heavy (non-hydrogen) atoms. The molecule has 2 atom stereocenters. The molecule has 7 nitrogen and oxygen atoms in total. The number of nitrogens with one attached hydrogen (secondary N) is 1. The average molecular weight is 435 g/mol. The molecule has 2 saturated heterocycles. The summed E-state index contributed by atoms with van der Waals surface area (Å²) in [5.41, 5.74) is 1.88. The van der Waals surface area contributed by atoms with E-state index in [1.54, 1.807) is 4.90 Å². The van der Waals surface area contributed by atoms with Crippen molar-refractivity contribution in [3.05, 3.63) is 23.0 Å². The summed E-state index contributed by atoms with van der Waals surface area (Å²) in [4.78, 5) is 21.7. The number of carbonyl (C=O) groups excluding carboxylic acids is 1. The van der Waals surface area contributed by atoms with E-state index in [1.807, 2.05) is 39.8 Å². The van der Waals surface area contributed by atoms with Crippen LogP contribution in [0.5, 0.6) is 0 Å². The molecule has 164 valence electrons. The third kappa shape index (κ3) is 4.37. The summed E-state index contributed by atoms with van der Waals surface area (Å²) in [5, 5.41) is 4.07. The van der Waals surface area contributed by atoms with E-state index in [1.165, 1.54) is 6.42 Å². The maximum Gasteiger partial charge on any atom is 0.411 e. The first-order chi connectivity index (χ1) is 14.2. The van der Waals surface area contributed by atoms with Gasteiger partial charge in [-0.1, -0.05) is 11.6 Å². The van der Waals surface area contributed by atoms with Gasteiger partial charge in [0.15, 0.2) is 5.58 Å². The number of carbonyl (C=O) groups is 1. The lowest BCUT2D eigenvalue weighted by molar-refractivity contribution is 0.00267. The minimum Gasteiger partial charge on any atom is -0.444 e. The number of amides is 1. The highest BCUT2D eigenvalue weighted by Gasteiger charge is 2.39. The molecular weight excluding hydrogens is 404 g/mol. The Morgan fingerprint density at radius 1 is 1.23 bits per heavy atom. The zero-order chi connectivity index (χ0) is 21.5. The van der Waals surface area contributed by atoms with Crippen molar-refractivity contribution >= 4 is 34.5 Å². The second kappa shape index (κ2) is 8.27. The first kappa shape index (κ1) is 21.2. The summed E-state index contributed by atoms with van der Waals surface area (Å²) < 4.78 is 12.0. The number of hydrogen-bond donors (Lipinski definition) is 1. The van der Waals surface area contributed by atoms with Crippen molar-refractivity contribution in [3.8, 4) is 0 Å². The van der Waals surface area contributed by atoms with Gasteiger partial charge in [0, 0.05) is 37.2 Å². The summed E-state index contributed by atoms with van der Waals surface area (Å²) in [5.74, 6) is 0.510. The van der Waals surface area contributed by atoms with E-state index >= 15 is 0 Å². The van der Waals surface area contributed by atoms with Gasteiger partial charge >= 0.3 is 6.09 Å². The van der Waals surface area contributed by atoms with Crippen LogP contribution >= 0.6 is 11.6 Å². The normalized spacial score (nSPS) is 23.1. The molecule has 2 aliphatic rings. The number of benzene rings is 1. The van der Waals surface area contributed by atoms with Crippen molar-refractivity contribution in [1.82, 2.24) is 15.2 Å². The third-order valence-corrected chi connectivity index (χ3v) is 5.88. The largest absolute Gasteiger partial charge is 0.444 e. The molecule has 0 radical (unpaired) electrons. The SMILES string of the molecule is CC1NCCN(C(=O)OC(C)(C)C)[C@@H]1c1nc2cc(Cl)cc(N3CCCCC3)c2o1. The standard InChI is InChI=1S/C22H31ClN4O3/c1-14-18(27(11-8-24-14)21(28)30-22(2,3)4)20-25-16-12-15(23)13-17(19(16)29-20)26-9-6-5-7-10-26/h12-14,18,24H,5-11H2,1-4H3/t14?,18-/m0/s1. The molecule has 0 aliphatic carbocycles. The smallest absolute Gasteiger partial charge is 0.411 e. The van der Waals surface area contributed by atoms with Crippen LogP contribution in [0.25, 0.3) is 11.1 Å². The number of halogens is 1. The van der Waals surface area contributed by atoms with E-state index in [0.29, 0.717) is 24.0 Å². The minimum atomic E-state index is -0.563. The first-order valence-electron chi connectivity index (χ1n) is 10.8. The van der Waals surface area contributed by atoms with Crippen LogP contribution in [-0.2, 0) is 4.74 Å². The summed E-state index contributed by atoms with van der Waals surface area (Å²) in [6.45, 7) is 10.8. The Bertz CT molecular complexity index is 917. The molecular formula is C22H31ClN4O3. The molecule has 1 N–H and O–H groups in total. The van der Waals surface area contributed by atoms with E-state index < -0.39 is 5.60 Å². The van der Waals surface area contributed by atoms with E-state index in [9.17, 15) is 4.79 Å². The minimum absolute atomic E-state index is 0.0201. The van der Waals surface area contributed by atoms with Gasteiger partial charge < -0.3 is 19.4 Å². The summed E-state index contributed by atoms with van der Waals surface area (Å²) >= 11 is 6.41. The van der Waals surface area contributed by atoms with Crippen LogP contribution in [0.15, 0.2) is 16.5 Å². The molecule has 2 aromatic rings. The van der Waals surface area contributed by atoms with Crippen molar-refractivity contribution in [2.45, 2.75) is 64.6 Å². The van der Waals surface area contributed by atoms with Crippen molar-refractivity contribution in [2.75, 3.05) is 31.1 Å². The molecule has 1 aromatic heterocycles. The Morgan fingerprint density at radius 3 is 2.67 bits per heavy atom. The monoisotopic (exact) mass is 434 g/mol. The summed E-state index contributed by atoms with van der Waals surface area (Å²) in [7, 11) is 0. The third-order valence-electron chi connectivity index (χ3n) is 5.66. The van der Waals surface area contributed by atoms with Gasteiger partial charge in [-0.05, 0) is 59.1 Å². The van der Waals surface area contributed by atoms with Gasteiger partial charge in [-0.15, -0.1) is 0 Å². The Morgan fingerprint density at radius 2 is 1.97 bits per heavy atom. The van der Waals surface area contributed by atoms with Crippen LogP contribution < -0.4 is 10.2 Å². The molecule has 8 heteroatoms. The Balaban J connectivity index is 1.72. The molecule has 4 rings (SSSR count). The molecule has 0 bridgehead atoms. The molecule has 1 amide bonds. The van der Waals surface area contributed by atoms with Crippen LogP contribution in [-0.4, -0.2) is 53.8 Å². The maximum atomic E-state index is 12.9. The number of rotatable bonds is 2. The maximum absolute atomic E-state index is 12.9. The van der Waals surface area contributed by atoms with Crippen LogP contribution in [0.3, 0.4) is 0 Å². The molecule has 0 saturated carbocycles. The number of ether oxygens (including phenoxy) is 1. The van der Waals surface area contributed by atoms with Gasteiger partial charge in [0.25, 0.3) is 0 Å². The highest BCUT2D eigenvalue weighted by Crippen LogP contribution is 2.37.